The van der Waals surface area contributed by atoms with Gasteiger partial charge in [0.05, 0.1) is 6.10 Å². The first-order valence-corrected chi connectivity index (χ1v) is 7.95. The predicted octanol–water partition coefficient (Wildman–Crippen LogP) is 2.76. The molecule has 19 heavy (non-hydrogen) atoms. The van der Waals surface area contributed by atoms with Crippen molar-refractivity contribution in [1.82, 2.24) is 10.2 Å². The summed E-state index contributed by atoms with van der Waals surface area (Å²) >= 11 is 0. The largest absolute Gasteiger partial charge is 0.381 e. The lowest BCUT2D eigenvalue weighted by atomic mass is 9.86. The van der Waals surface area contributed by atoms with Crippen LogP contribution in [0.25, 0.3) is 0 Å². The maximum atomic E-state index is 5.45. The van der Waals surface area contributed by atoms with E-state index in [-0.39, 0.29) is 0 Å². The SMILES string of the molecule is CCC(C)(CNCC(C)C)CN1CCC(OC)CC1. The molecule has 3 nitrogen and oxygen atoms in total. The van der Waals surface area contributed by atoms with E-state index in [9.17, 15) is 0 Å². The molecule has 114 valence electrons. The average Bonchev–Trinajstić information content (AvgIpc) is 2.39. The van der Waals surface area contributed by atoms with Gasteiger partial charge in [-0.25, -0.2) is 0 Å². The van der Waals surface area contributed by atoms with Crippen LogP contribution in [0.5, 0.6) is 0 Å². The van der Waals surface area contributed by atoms with Gasteiger partial charge in [0.15, 0.2) is 0 Å². The molecule has 0 radical (unpaired) electrons. The second-order valence-electron chi connectivity index (χ2n) is 6.90. The van der Waals surface area contributed by atoms with Gasteiger partial charge >= 0.3 is 0 Å². The fraction of sp³-hybridized carbons (Fsp3) is 1.00. The maximum Gasteiger partial charge on any atom is 0.0595 e. The molecule has 1 rings (SSSR count). The van der Waals surface area contributed by atoms with Crippen molar-refractivity contribution in [2.75, 3.05) is 39.8 Å². The van der Waals surface area contributed by atoms with Crippen molar-refractivity contribution < 1.29 is 4.74 Å². The standard InChI is InChI=1S/C16H34N2O/c1-6-16(4,12-17-11-14(2)3)13-18-9-7-15(19-5)8-10-18/h14-15,17H,6-13H2,1-5H3. The minimum absolute atomic E-state index is 0.398. The molecule has 1 aliphatic heterocycles. The van der Waals surface area contributed by atoms with Gasteiger partial charge in [-0.05, 0) is 37.1 Å². The van der Waals surface area contributed by atoms with Crippen molar-refractivity contribution in [3.05, 3.63) is 0 Å². The van der Waals surface area contributed by atoms with Gasteiger partial charge in [0, 0.05) is 33.3 Å². The molecule has 0 aromatic rings. The number of methoxy groups -OCH3 is 1. The van der Waals surface area contributed by atoms with E-state index in [2.05, 4.69) is 37.9 Å². The molecule has 0 amide bonds. The van der Waals surface area contributed by atoms with Gasteiger partial charge in [0.1, 0.15) is 0 Å². The van der Waals surface area contributed by atoms with E-state index in [1.54, 1.807) is 0 Å². The fourth-order valence-electron chi connectivity index (χ4n) is 2.80. The van der Waals surface area contributed by atoms with Crippen molar-refractivity contribution in [1.29, 1.82) is 0 Å². The summed E-state index contributed by atoms with van der Waals surface area (Å²) in [5.74, 6) is 0.735. The highest BCUT2D eigenvalue weighted by Crippen LogP contribution is 2.24. The third kappa shape index (κ3) is 6.24. The van der Waals surface area contributed by atoms with Gasteiger partial charge in [-0.3, -0.25) is 0 Å². The molecule has 0 aliphatic carbocycles. The van der Waals surface area contributed by atoms with E-state index in [0.29, 0.717) is 11.5 Å². The Labute approximate surface area is 120 Å². The first kappa shape index (κ1) is 16.9. The number of piperidine rings is 1. The molecule has 3 heteroatoms. The number of nitrogens with zero attached hydrogens (tertiary/aromatic N) is 1. The molecule has 1 unspecified atom stereocenters. The Morgan fingerprint density at radius 3 is 2.42 bits per heavy atom. The predicted molar refractivity (Wildman–Crippen MR) is 82.6 cm³/mol. The number of ether oxygens (including phenoxy) is 1. The monoisotopic (exact) mass is 270 g/mol. The Kier molecular flexibility index (Phi) is 7.33. The summed E-state index contributed by atoms with van der Waals surface area (Å²) in [5, 5.41) is 3.63. The highest BCUT2D eigenvalue weighted by atomic mass is 16.5. The molecule has 0 bridgehead atoms. The van der Waals surface area contributed by atoms with Crippen LogP contribution in [0.15, 0.2) is 0 Å². The zero-order chi connectivity index (χ0) is 14.3. The van der Waals surface area contributed by atoms with Crippen molar-refractivity contribution in [2.45, 2.75) is 53.1 Å². The Morgan fingerprint density at radius 1 is 1.32 bits per heavy atom. The molecule has 1 N–H and O–H groups in total. The molecule has 0 aromatic carbocycles. The second-order valence-corrected chi connectivity index (χ2v) is 6.90. The Bertz CT molecular complexity index is 237. The molecule has 1 aliphatic rings. The summed E-state index contributed by atoms with van der Waals surface area (Å²) in [5.41, 5.74) is 0.398. The van der Waals surface area contributed by atoms with Crippen LogP contribution in [-0.4, -0.2) is 50.8 Å². The quantitative estimate of drug-likeness (QED) is 0.734. The molecule has 1 saturated heterocycles. The zero-order valence-electron chi connectivity index (χ0n) is 13.7. The second kappa shape index (κ2) is 8.23. The van der Waals surface area contributed by atoms with E-state index in [1.165, 1.54) is 38.9 Å². The summed E-state index contributed by atoms with van der Waals surface area (Å²) in [6, 6.07) is 0. The Balaban J connectivity index is 2.34. The number of rotatable bonds is 8. The van der Waals surface area contributed by atoms with Crippen molar-refractivity contribution in [3.8, 4) is 0 Å². The maximum absolute atomic E-state index is 5.45. The first-order valence-electron chi connectivity index (χ1n) is 7.95. The highest BCUT2D eigenvalue weighted by molar-refractivity contribution is 4.82. The fourth-order valence-corrected chi connectivity index (χ4v) is 2.80. The van der Waals surface area contributed by atoms with E-state index in [1.807, 2.05) is 7.11 Å². The number of nitrogens with one attached hydrogen (secondary N) is 1. The topological polar surface area (TPSA) is 24.5 Å². The van der Waals surface area contributed by atoms with Crippen LogP contribution < -0.4 is 5.32 Å². The molecule has 0 spiro atoms. The summed E-state index contributed by atoms with van der Waals surface area (Å²) in [4.78, 5) is 2.62. The minimum Gasteiger partial charge on any atom is -0.381 e. The summed E-state index contributed by atoms with van der Waals surface area (Å²) < 4.78 is 5.45. The van der Waals surface area contributed by atoms with Gasteiger partial charge in [-0.2, -0.15) is 0 Å². The molecule has 0 saturated carbocycles. The average molecular weight is 270 g/mol. The first-order chi connectivity index (χ1) is 8.99. The molecular weight excluding hydrogens is 236 g/mol. The van der Waals surface area contributed by atoms with Crippen LogP contribution in [0.3, 0.4) is 0 Å². The van der Waals surface area contributed by atoms with Crippen LogP contribution in [0, 0.1) is 11.3 Å². The molecule has 1 fully saturated rings. The van der Waals surface area contributed by atoms with Gasteiger partial charge < -0.3 is 15.0 Å². The molecule has 0 aromatic heterocycles. The van der Waals surface area contributed by atoms with Crippen molar-refractivity contribution in [2.24, 2.45) is 11.3 Å². The molecule has 1 atom stereocenters. The van der Waals surface area contributed by atoms with Crippen LogP contribution >= 0.6 is 0 Å². The normalized spacial score (nSPS) is 21.8. The number of likely N-dealkylation sites (tertiary alicyclic amines) is 1. The highest BCUT2D eigenvalue weighted by Gasteiger charge is 2.27. The lowest BCUT2D eigenvalue weighted by molar-refractivity contribution is 0.0274. The zero-order valence-corrected chi connectivity index (χ0v) is 13.7. The van der Waals surface area contributed by atoms with Gasteiger partial charge in [-0.15, -0.1) is 0 Å². The number of hydrogen-bond donors (Lipinski definition) is 1. The third-order valence-electron chi connectivity index (χ3n) is 4.43. The van der Waals surface area contributed by atoms with Crippen LogP contribution in [-0.2, 0) is 4.74 Å². The molecule has 1 heterocycles. The minimum atomic E-state index is 0.398. The Hall–Kier alpha value is -0.120. The lowest BCUT2D eigenvalue weighted by Crippen LogP contribution is -2.46. The van der Waals surface area contributed by atoms with E-state index >= 15 is 0 Å². The van der Waals surface area contributed by atoms with Crippen LogP contribution in [0.2, 0.25) is 0 Å². The van der Waals surface area contributed by atoms with Crippen molar-refractivity contribution >= 4 is 0 Å². The van der Waals surface area contributed by atoms with E-state index in [4.69, 9.17) is 4.74 Å². The van der Waals surface area contributed by atoms with Crippen LogP contribution in [0.4, 0.5) is 0 Å². The van der Waals surface area contributed by atoms with E-state index < -0.39 is 0 Å². The summed E-state index contributed by atoms with van der Waals surface area (Å²) in [6.07, 6.45) is 4.11. The number of hydrogen-bond acceptors (Lipinski definition) is 3. The Morgan fingerprint density at radius 2 is 1.95 bits per heavy atom. The molecular formula is C16H34N2O. The van der Waals surface area contributed by atoms with E-state index in [0.717, 1.165) is 19.0 Å². The summed E-state index contributed by atoms with van der Waals surface area (Å²) in [6.45, 7) is 15.1. The summed E-state index contributed by atoms with van der Waals surface area (Å²) in [7, 11) is 1.84. The lowest BCUT2D eigenvalue weighted by Gasteiger charge is -2.38. The van der Waals surface area contributed by atoms with Gasteiger partial charge in [0.25, 0.3) is 0 Å². The van der Waals surface area contributed by atoms with Gasteiger partial charge in [0.2, 0.25) is 0 Å². The third-order valence-corrected chi connectivity index (χ3v) is 4.43. The van der Waals surface area contributed by atoms with Crippen molar-refractivity contribution in [3.63, 3.8) is 0 Å². The smallest absolute Gasteiger partial charge is 0.0595 e. The van der Waals surface area contributed by atoms with Crippen LogP contribution in [0.1, 0.15) is 47.0 Å². The van der Waals surface area contributed by atoms with Gasteiger partial charge in [-0.1, -0.05) is 27.7 Å².